The Labute approximate surface area is 230 Å². The highest BCUT2D eigenvalue weighted by Crippen LogP contribution is 2.41. The van der Waals surface area contributed by atoms with E-state index in [2.05, 4.69) is 58.1 Å². The topological polar surface area (TPSA) is 46.5 Å². The third-order valence-electron chi connectivity index (χ3n) is 8.00. The molecule has 0 amide bonds. The van der Waals surface area contributed by atoms with E-state index >= 15 is 0 Å². The molecule has 0 saturated heterocycles. The zero-order valence-electron chi connectivity index (χ0n) is 24.0. The SMILES string of the molecule is COc1cc(CC[C@H]2CC=C(C)[C@H](C/C=C(\C)CCC=C(C)C)[C@@H]2C(=O)CCc2ccccc2)ccc1O. The smallest absolute Gasteiger partial charge is 0.160 e. The second-order valence-corrected chi connectivity index (χ2v) is 11.2. The minimum Gasteiger partial charge on any atom is -0.504 e. The van der Waals surface area contributed by atoms with Gasteiger partial charge in [0.25, 0.3) is 0 Å². The number of rotatable bonds is 13. The minimum atomic E-state index is 0.0320. The molecular formula is C35H46O3. The Kier molecular flexibility index (Phi) is 11.5. The van der Waals surface area contributed by atoms with Crippen LogP contribution in [0, 0.1) is 17.8 Å². The summed E-state index contributed by atoms with van der Waals surface area (Å²) in [6.07, 6.45) is 14.3. The first-order chi connectivity index (χ1) is 18.3. The summed E-state index contributed by atoms with van der Waals surface area (Å²) in [7, 11) is 1.58. The van der Waals surface area contributed by atoms with E-state index < -0.39 is 0 Å². The lowest BCUT2D eigenvalue weighted by Crippen LogP contribution is -2.35. The van der Waals surface area contributed by atoms with Gasteiger partial charge in [-0.25, -0.2) is 0 Å². The fraction of sp³-hybridized carbons (Fsp3) is 0.457. The number of hydrogen-bond acceptors (Lipinski definition) is 3. The van der Waals surface area contributed by atoms with E-state index in [0.717, 1.165) is 50.5 Å². The van der Waals surface area contributed by atoms with E-state index in [1.54, 1.807) is 13.2 Å². The fourth-order valence-corrected chi connectivity index (χ4v) is 5.69. The van der Waals surface area contributed by atoms with Crippen molar-refractivity contribution in [3.05, 3.63) is 94.6 Å². The molecule has 0 saturated carbocycles. The Hall–Kier alpha value is -3.07. The number of carbonyl (C=O) groups excluding carboxylic acids is 1. The normalized spacial score (nSPS) is 19.6. The Morgan fingerprint density at radius 1 is 1.00 bits per heavy atom. The van der Waals surface area contributed by atoms with Crippen molar-refractivity contribution in [1.82, 2.24) is 0 Å². The maximum Gasteiger partial charge on any atom is 0.160 e. The van der Waals surface area contributed by atoms with Gasteiger partial charge in [-0.1, -0.05) is 71.3 Å². The van der Waals surface area contributed by atoms with E-state index in [1.807, 2.05) is 30.3 Å². The maximum atomic E-state index is 13.9. The Morgan fingerprint density at radius 2 is 1.76 bits per heavy atom. The van der Waals surface area contributed by atoms with E-state index in [-0.39, 0.29) is 17.6 Å². The van der Waals surface area contributed by atoms with Gasteiger partial charge in [0.05, 0.1) is 7.11 Å². The zero-order chi connectivity index (χ0) is 27.5. The first kappa shape index (κ1) is 29.5. The monoisotopic (exact) mass is 514 g/mol. The number of aromatic hydroxyl groups is 1. The number of aryl methyl sites for hydroxylation is 2. The van der Waals surface area contributed by atoms with Crippen molar-refractivity contribution in [3.8, 4) is 11.5 Å². The summed E-state index contributed by atoms with van der Waals surface area (Å²) in [4.78, 5) is 13.9. The van der Waals surface area contributed by atoms with Gasteiger partial charge in [0.15, 0.2) is 11.5 Å². The standard InChI is InChI=1S/C35H46O3/c1-25(2)10-9-11-26(3)14-21-31-27(4)15-19-30(20-16-29-18-22-32(36)34(24-29)38-5)35(31)33(37)23-17-28-12-7-6-8-13-28/h6-8,10,12-15,18,22,24,30-31,35-36H,9,11,16-17,19-21,23H2,1-5H3/b26-14+/t30-,31+,35-/m1/s1. The van der Waals surface area contributed by atoms with Crippen molar-refractivity contribution >= 4 is 5.78 Å². The molecule has 0 aromatic heterocycles. The van der Waals surface area contributed by atoms with Crippen LogP contribution in [0.5, 0.6) is 11.5 Å². The number of phenols is 1. The summed E-state index contributed by atoms with van der Waals surface area (Å²) in [6.45, 7) is 8.74. The van der Waals surface area contributed by atoms with E-state index in [0.29, 0.717) is 23.9 Å². The zero-order valence-corrected chi connectivity index (χ0v) is 24.0. The van der Waals surface area contributed by atoms with Gasteiger partial charge < -0.3 is 9.84 Å². The molecule has 204 valence electrons. The molecule has 2 aromatic carbocycles. The van der Waals surface area contributed by atoms with E-state index in [9.17, 15) is 9.90 Å². The largest absolute Gasteiger partial charge is 0.504 e. The quantitative estimate of drug-likeness (QED) is 0.272. The highest BCUT2D eigenvalue weighted by atomic mass is 16.5. The minimum absolute atomic E-state index is 0.0320. The molecule has 3 atom stereocenters. The fourth-order valence-electron chi connectivity index (χ4n) is 5.69. The molecule has 0 unspecified atom stereocenters. The Balaban J connectivity index is 1.78. The molecule has 3 nitrogen and oxygen atoms in total. The summed E-state index contributed by atoms with van der Waals surface area (Å²) < 4.78 is 5.31. The number of carbonyl (C=O) groups is 1. The highest BCUT2D eigenvalue weighted by molar-refractivity contribution is 5.82. The van der Waals surface area contributed by atoms with Crippen LogP contribution in [0.4, 0.5) is 0 Å². The van der Waals surface area contributed by atoms with Crippen LogP contribution < -0.4 is 4.74 Å². The van der Waals surface area contributed by atoms with Gasteiger partial charge in [0.1, 0.15) is 5.78 Å². The van der Waals surface area contributed by atoms with Crippen LogP contribution in [-0.2, 0) is 17.6 Å². The molecule has 3 heteroatoms. The predicted molar refractivity (Wildman–Crippen MR) is 159 cm³/mol. The number of Topliss-reactive ketones (excluding diaryl/α,β-unsaturated/α-hetero) is 1. The van der Waals surface area contributed by atoms with Gasteiger partial charge in [0, 0.05) is 12.3 Å². The number of ketones is 1. The third-order valence-corrected chi connectivity index (χ3v) is 8.00. The van der Waals surface area contributed by atoms with Gasteiger partial charge >= 0.3 is 0 Å². The molecule has 2 aromatic rings. The second kappa shape index (κ2) is 14.8. The molecule has 0 radical (unpaired) electrons. The first-order valence-electron chi connectivity index (χ1n) is 14.2. The van der Waals surface area contributed by atoms with Crippen molar-refractivity contribution in [3.63, 3.8) is 0 Å². The summed E-state index contributed by atoms with van der Waals surface area (Å²) in [5.74, 6) is 1.66. The highest BCUT2D eigenvalue weighted by Gasteiger charge is 2.37. The van der Waals surface area contributed by atoms with E-state index in [4.69, 9.17) is 4.74 Å². The summed E-state index contributed by atoms with van der Waals surface area (Å²) in [6, 6.07) is 15.9. The lowest BCUT2D eigenvalue weighted by Gasteiger charge is -2.37. The van der Waals surface area contributed by atoms with Crippen LogP contribution >= 0.6 is 0 Å². The summed E-state index contributed by atoms with van der Waals surface area (Å²) >= 11 is 0. The lowest BCUT2D eigenvalue weighted by molar-refractivity contribution is -0.126. The van der Waals surface area contributed by atoms with Crippen LogP contribution in [-0.4, -0.2) is 18.0 Å². The third kappa shape index (κ3) is 8.75. The van der Waals surface area contributed by atoms with Crippen molar-refractivity contribution < 1.29 is 14.6 Å². The molecule has 1 aliphatic rings. The summed E-state index contributed by atoms with van der Waals surface area (Å²) in [5.41, 5.74) is 6.49. The van der Waals surface area contributed by atoms with Crippen LogP contribution in [0.2, 0.25) is 0 Å². The Morgan fingerprint density at radius 3 is 2.47 bits per heavy atom. The lowest BCUT2D eigenvalue weighted by atomic mass is 9.66. The van der Waals surface area contributed by atoms with Crippen molar-refractivity contribution in [1.29, 1.82) is 0 Å². The average molecular weight is 515 g/mol. The molecule has 1 aliphatic carbocycles. The van der Waals surface area contributed by atoms with Crippen molar-refractivity contribution in [2.75, 3.05) is 7.11 Å². The number of methoxy groups -OCH3 is 1. The van der Waals surface area contributed by atoms with Crippen molar-refractivity contribution in [2.45, 2.75) is 79.1 Å². The number of benzene rings is 2. The molecule has 0 aliphatic heterocycles. The molecule has 0 spiro atoms. The van der Waals surface area contributed by atoms with Crippen LogP contribution in [0.25, 0.3) is 0 Å². The van der Waals surface area contributed by atoms with Crippen LogP contribution in [0.15, 0.2) is 83.5 Å². The number of allylic oxidation sites excluding steroid dienone is 6. The second-order valence-electron chi connectivity index (χ2n) is 11.2. The molecule has 3 rings (SSSR count). The predicted octanol–water partition coefficient (Wildman–Crippen LogP) is 8.82. The van der Waals surface area contributed by atoms with Gasteiger partial charge in [-0.05, 0) is 108 Å². The molecule has 0 bridgehead atoms. The first-order valence-corrected chi connectivity index (χ1v) is 14.2. The van der Waals surface area contributed by atoms with E-state index in [1.165, 1.54) is 22.3 Å². The molecule has 0 heterocycles. The molecule has 38 heavy (non-hydrogen) atoms. The van der Waals surface area contributed by atoms with Gasteiger partial charge in [-0.15, -0.1) is 0 Å². The number of hydrogen-bond donors (Lipinski definition) is 1. The van der Waals surface area contributed by atoms with Crippen LogP contribution in [0.1, 0.15) is 77.3 Å². The molecule has 1 N–H and O–H groups in total. The Bertz CT molecular complexity index is 1140. The van der Waals surface area contributed by atoms with Gasteiger partial charge in [0.2, 0.25) is 0 Å². The van der Waals surface area contributed by atoms with Gasteiger partial charge in [-0.3, -0.25) is 4.79 Å². The molecular weight excluding hydrogens is 468 g/mol. The van der Waals surface area contributed by atoms with Crippen LogP contribution in [0.3, 0.4) is 0 Å². The van der Waals surface area contributed by atoms with Crippen molar-refractivity contribution in [2.24, 2.45) is 17.8 Å². The van der Waals surface area contributed by atoms with Gasteiger partial charge in [-0.2, -0.15) is 0 Å². The number of phenolic OH excluding ortho intramolecular Hbond substituents is 1. The number of ether oxygens (including phenoxy) is 1. The average Bonchev–Trinajstić information content (AvgIpc) is 2.91. The maximum absolute atomic E-state index is 13.9. The molecule has 0 fully saturated rings. The summed E-state index contributed by atoms with van der Waals surface area (Å²) in [5, 5.41) is 9.98.